The first-order valence-corrected chi connectivity index (χ1v) is 7.13. The highest BCUT2D eigenvalue weighted by Crippen LogP contribution is 2.33. The molecule has 4 nitrogen and oxygen atoms in total. The van der Waals surface area contributed by atoms with E-state index in [4.69, 9.17) is 15.2 Å². The summed E-state index contributed by atoms with van der Waals surface area (Å²) in [5.41, 5.74) is 6.55. The lowest BCUT2D eigenvalue weighted by Crippen LogP contribution is -2.38. The van der Waals surface area contributed by atoms with Gasteiger partial charge in [0.1, 0.15) is 6.10 Å². The number of likely N-dealkylation sites (tertiary alicyclic amines) is 1. The number of likely N-dealkylation sites (N-methyl/N-ethyl adjacent to an activating group) is 1. The van der Waals surface area contributed by atoms with Gasteiger partial charge >= 0.3 is 0 Å². The maximum absolute atomic E-state index is 6.22. The van der Waals surface area contributed by atoms with Crippen molar-refractivity contribution in [2.75, 3.05) is 33.8 Å². The number of para-hydroxylation sites is 1. The van der Waals surface area contributed by atoms with Gasteiger partial charge in [-0.3, -0.25) is 0 Å². The van der Waals surface area contributed by atoms with Crippen molar-refractivity contribution >= 4 is 6.08 Å². The predicted molar refractivity (Wildman–Crippen MR) is 82.2 cm³/mol. The molecule has 1 aromatic carbocycles. The van der Waals surface area contributed by atoms with Crippen LogP contribution in [0, 0.1) is 0 Å². The molecule has 1 aliphatic heterocycles. The number of ether oxygens (including phenoxy) is 2. The van der Waals surface area contributed by atoms with Gasteiger partial charge in [-0.25, -0.2) is 0 Å². The second kappa shape index (κ2) is 7.31. The van der Waals surface area contributed by atoms with E-state index in [0.29, 0.717) is 6.54 Å². The summed E-state index contributed by atoms with van der Waals surface area (Å²) in [4.78, 5) is 2.30. The van der Waals surface area contributed by atoms with Gasteiger partial charge in [0.25, 0.3) is 0 Å². The molecule has 110 valence electrons. The highest BCUT2D eigenvalue weighted by Gasteiger charge is 2.21. The molecule has 20 heavy (non-hydrogen) atoms. The van der Waals surface area contributed by atoms with Crippen molar-refractivity contribution < 1.29 is 9.47 Å². The summed E-state index contributed by atoms with van der Waals surface area (Å²) >= 11 is 0. The highest BCUT2D eigenvalue weighted by molar-refractivity contribution is 5.62. The second-order valence-corrected chi connectivity index (χ2v) is 5.16. The molecular formula is C16H24N2O2. The average molecular weight is 276 g/mol. The average Bonchev–Trinajstić information content (AvgIpc) is 2.46. The van der Waals surface area contributed by atoms with E-state index < -0.39 is 0 Å². The van der Waals surface area contributed by atoms with Crippen LogP contribution in [-0.4, -0.2) is 44.8 Å². The Bertz CT molecular complexity index is 460. The van der Waals surface area contributed by atoms with Gasteiger partial charge < -0.3 is 20.1 Å². The fourth-order valence-electron chi connectivity index (χ4n) is 2.53. The van der Waals surface area contributed by atoms with E-state index in [-0.39, 0.29) is 6.10 Å². The molecule has 0 aromatic heterocycles. The lowest BCUT2D eigenvalue weighted by Gasteiger charge is -2.30. The summed E-state index contributed by atoms with van der Waals surface area (Å²) in [5, 5.41) is 0. The zero-order valence-electron chi connectivity index (χ0n) is 12.3. The number of rotatable bonds is 5. The van der Waals surface area contributed by atoms with Crippen LogP contribution in [0.1, 0.15) is 18.4 Å². The van der Waals surface area contributed by atoms with E-state index in [2.05, 4.69) is 11.9 Å². The normalized spacial score (nSPS) is 20.2. The minimum atomic E-state index is 0.218. The van der Waals surface area contributed by atoms with Crippen molar-refractivity contribution in [1.29, 1.82) is 0 Å². The van der Waals surface area contributed by atoms with E-state index in [9.17, 15) is 0 Å². The van der Waals surface area contributed by atoms with Crippen LogP contribution in [0.25, 0.3) is 6.08 Å². The van der Waals surface area contributed by atoms with Crippen LogP contribution in [0.3, 0.4) is 0 Å². The fraction of sp³-hybridized carbons (Fsp3) is 0.500. The number of hydrogen-bond acceptors (Lipinski definition) is 4. The minimum Gasteiger partial charge on any atom is -0.493 e. The third-order valence-corrected chi connectivity index (χ3v) is 3.53. The molecule has 2 N–H and O–H groups in total. The van der Waals surface area contributed by atoms with Gasteiger partial charge in [-0.2, -0.15) is 0 Å². The van der Waals surface area contributed by atoms with Crippen LogP contribution in [0.4, 0.5) is 0 Å². The lowest BCUT2D eigenvalue weighted by atomic mass is 10.1. The first-order chi connectivity index (χ1) is 9.74. The Morgan fingerprint density at radius 2 is 2.30 bits per heavy atom. The van der Waals surface area contributed by atoms with E-state index in [0.717, 1.165) is 36.6 Å². The van der Waals surface area contributed by atoms with E-state index in [1.807, 2.05) is 30.4 Å². The van der Waals surface area contributed by atoms with Crippen LogP contribution in [0.15, 0.2) is 24.3 Å². The zero-order valence-corrected chi connectivity index (χ0v) is 12.3. The fourth-order valence-corrected chi connectivity index (χ4v) is 2.53. The molecule has 1 unspecified atom stereocenters. The SMILES string of the molecule is COc1cccc(/C=C/CN)c1OC1CCCN(C)C1. The van der Waals surface area contributed by atoms with Crippen LogP contribution < -0.4 is 15.2 Å². The molecule has 0 saturated carbocycles. The Morgan fingerprint density at radius 1 is 1.45 bits per heavy atom. The predicted octanol–water partition coefficient (Wildman–Crippen LogP) is 2.14. The first kappa shape index (κ1) is 14.9. The lowest BCUT2D eigenvalue weighted by molar-refractivity contribution is 0.101. The maximum Gasteiger partial charge on any atom is 0.168 e. The van der Waals surface area contributed by atoms with Crippen molar-refractivity contribution in [3.05, 3.63) is 29.8 Å². The van der Waals surface area contributed by atoms with Gasteiger partial charge in [0, 0.05) is 18.7 Å². The maximum atomic E-state index is 6.22. The highest BCUT2D eigenvalue weighted by atomic mass is 16.5. The number of hydrogen-bond donors (Lipinski definition) is 1. The van der Waals surface area contributed by atoms with Crippen LogP contribution in [0.2, 0.25) is 0 Å². The standard InChI is InChI=1S/C16H24N2O2/c1-18-11-5-8-14(12-18)20-16-13(7-4-10-17)6-3-9-15(16)19-2/h3-4,6-7,9,14H,5,8,10-12,17H2,1-2H3/b7-4+. The molecule has 1 fully saturated rings. The molecule has 0 bridgehead atoms. The zero-order chi connectivity index (χ0) is 14.4. The van der Waals surface area contributed by atoms with Crippen LogP contribution in [0.5, 0.6) is 11.5 Å². The Hall–Kier alpha value is -1.52. The molecule has 0 radical (unpaired) electrons. The second-order valence-electron chi connectivity index (χ2n) is 5.16. The van der Waals surface area contributed by atoms with Crippen molar-refractivity contribution in [2.24, 2.45) is 5.73 Å². The van der Waals surface area contributed by atoms with Gasteiger partial charge in [-0.1, -0.05) is 24.3 Å². The molecule has 1 aliphatic rings. The number of methoxy groups -OCH3 is 1. The Kier molecular flexibility index (Phi) is 5.44. The van der Waals surface area contributed by atoms with Gasteiger partial charge in [0.2, 0.25) is 0 Å². The van der Waals surface area contributed by atoms with Gasteiger partial charge in [-0.05, 0) is 32.5 Å². The third-order valence-electron chi connectivity index (χ3n) is 3.53. The molecular weight excluding hydrogens is 252 g/mol. The van der Waals surface area contributed by atoms with E-state index in [1.54, 1.807) is 7.11 Å². The summed E-state index contributed by atoms with van der Waals surface area (Å²) in [6, 6.07) is 5.92. The van der Waals surface area contributed by atoms with Gasteiger partial charge in [-0.15, -0.1) is 0 Å². The molecule has 1 aromatic rings. The van der Waals surface area contributed by atoms with Crippen molar-refractivity contribution in [2.45, 2.75) is 18.9 Å². The largest absolute Gasteiger partial charge is 0.493 e. The summed E-state index contributed by atoms with van der Waals surface area (Å²) < 4.78 is 11.6. The smallest absolute Gasteiger partial charge is 0.168 e. The number of nitrogens with zero attached hydrogens (tertiary/aromatic N) is 1. The number of benzene rings is 1. The number of nitrogens with two attached hydrogens (primary N) is 1. The quantitative estimate of drug-likeness (QED) is 0.895. The molecule has 1 saturated heterocycles. The van der Waals surface area contributed by atoms with Crippen molar-refractivity contribution in [1.82, 2.24) is 4.90 Å². The van der Waals surface area contributed by atoms with Crippen LogP contribution in [-0.2, 0) is 0 Å². The van der Waals surface area contributed by atoms with E-state index >= 15 is 0 Å². The summed E-state index contributed by atoms with van der Waals surface area (Å²) in [7, 11) is 3.80. The summed E-state index contributed by atoms with van der Waals surface area (Å²) in [6.07, 6.45) is 6.39. The Balaban J connectivity index is 2.21. The molecule has 0 spiro atoms. The molecule has 0 amide bonds. The van der Waals surface area contributed by atoms with Gasteiger partial charge in [0.05, 0.1) is 7.11 Å². The molecule has 0 aliphatic carbocycles. The monoisotopic (exact) mass is 276 g/mol. The van der Waals surface area contributed by atoms with E-state index in [1.165, 1.54) is 6.42 Å². The minimum absolute atomic E-state index is 0.218. The topological polar surface area (TPSA) is 47.7 Å². The van der Waals surface area contributed by atoms with Crippen molar-refractivity contribution in [3.63, 3.8) is 0 Å². The molecule has 2 rings (SSSR count). The van der Waals surface area contributed by atoms with Crippen LogP contribution >= 0.6 is 0 Å². The molecule has 1 heterocycles. The Labute approximate surface area is 121 Å². The Morgan fingerprint density at radius 3 is 3.00 bits per heavy atom. The summed E-state index contributed by atoms with van der Waals surface area (Å²) in [6.45, 7) is 2.62. The molecule has 4 heteroatoms. The van der Waals surface area contributed by atoms with Gasteiger partial charge in [0.15, 0.2) is 11.5 Å². The summed E-state index contributed by atoms with van der Waals surface area (Å²) in [5.74, 6) is 1.59. The molecule has 1 atom stereocenters. The first-order valence-electron chi connectivity index (χ1n) is 7.13. The number of piperidine rings is 1. The van der Waals surface area contributed by atoms with Crippen molar-refractivity contribution in [3.8, 4) is 11.5 Å². The third kappa shape index (κ3) is 3.74.